The van der Waals surface area contributed by atoms with Crippen molar-refractivity contribution in [1.82, 2.24) is 15.2 Å². The summed E-state index contributed by atoms with van der Waals surface area (Å²) in [6.07, 6.45) is 0. The van der Waals surface area contributed by atoms with Gasteiger partial charge in [0, 0.05) is 0 Å². The Labute approximate surface area is 120 Å². The average Bonchev–Trinajstić information content (AvgIpc) is 3.15. The summed E-state index contributed by atoms with van der Waals surface area (Å²) in [5, 5.41) is 6.47. The number of nitrogens with one attached hydrogen (secondary N) is 1. The second-order valence-electron chi connectivity index (χ2n) is 4.27. The average molecular weight is 286 g/mol. The number of aromatic nitrogens is 3. The Morgan fingerprint density at radius 1 is 1.10 bits per heavy atom. The van der Waals surface area contributed by atoms with Crippen LogP contribution in [0.5, 0.6) is 11.5 Å². The standard InChI is InChI=1S/C14H14N4O3/c1-19-8-3-4-10(20-2)9(7-8)11-5-6-12(21-11)13-16-14(15)18-17-13/h3-7H,1-2H3,(H3,15,16,17,18). The number of nitrogens with zero attached hydrogens (tertiary/aromatic N) is 2. The zero-order valence-electron chi connectivity index (χ0n) is 11.6. The van der Waals surface area contributed by atoms with E-state index in [9.17, 15) is 0 Å². The summed E-state index contributed by atoms with van der Waals surface area (Å²) in [5.74, 6) is 3.22. The zero-order chi connectivity index (χ0) is 14.8. The third kappa shape index (κ3) is 2.40. The molecule has 7 heteroatoms. The van der Waals surface area contributed by atoms with E-state index < -0.39 is 0 Å². The van der Waals surface area contributed by atoms with Crippen LogP contribution in [-0.4, -0.2) is 29.4 Å². The highest BCUT2D eigenvalue weighted by atomic mass is 16.5. The van der Waals surface area contributed by atoms with Crippen molar-refractivity contribution in [3.8, 4) is 34.4 Å². The zero-order valence-corrected chi connectivity index (χ0v) is 11.6. The fourth-order valence-electron chi connectivity index (χ4n) is 2.00. The van der Waals surface area contributed by atoms with E-state index in [-0.39, 0.29) is 5.95 Å². The third-order valence-corrected chi connectivity index (χ3v) is 3.01. The fraction of sp³-hybridized carbons (Fsp3) is 0.143. The van der Waals surface area contributed by atoms with Crippen molar-refractivity contribution >= 4 is 5.95 Å². The Morgan fingerprint density at radius 3 is 2.57 bits per heavy atom. The highest BCUT2D eigenvalue weighted by Gasteiger charge is 2.14. The van der Waals surface area contributed by atoms with Gasteiger partial charge in [-0.15, -0.1) is 5.10 Å². The minimum absolute atomic E-state index is 0.168. The first-order valence-corrected chi connectivity index (χ1v) is 6.21. The Hall–Kier alpha value is -2.96. The molecule has 0 spiro atoms. The van der Waals surface area contributed by atoms with E-state index in [0.29, 0.717) is 28.8 Å². The topological polar surface area (TPSA) is 99.2 Å². The maximum atomic E-state index is 5.79. The van der Waals surface area contributed by atoms with Crippen molar-refractivity contribution in [3.05, 3.63) is 30.3 Å². The van der Waals surface area contributed by atoms with Gasteiger partial charge in [0.05, 0.1) is 19.8 Å². The number of rotatable bonds is 4. The summed E-state index contributed by atoms with van der Waals surface area (Å²) in [6.45, 7) is 0. The Balaban J connectivity index is 2.03. The first-order chi connectivity index (χ1) is 10.2. The smallest absolute Gasteiger partial charge is 0.239 e. The van der Waals surface area contributed by atoms with Crippen LogP contribution < -0.4 is 15.2 Å². The van der Waals surface area contributed by atoms with Gasteiger partial charge >= 0.3 is 0 Å². The number of H-pyrrole nitrogens is 1. The SMILES string of the molecule is COc1ccc(OC)c(-c2ccc(-c3nc(N)n[nH]3)o2)c1. The highest BCUT2D eigenvalue weighted by Crippen LogP contribution is 2.35. The van der Waals surface area contributed by atoms with Crippen LogP contribution in [0.15, 0.2) is 34.7 Å². The van der Waals surface area contributed by atoms with E-state index >= 15 is 0 Å². The molecule has 0 fully saturated rings. The Morgan fingerprint density at radius 2 is 1.90 bits per heavy atom. The van der Waals surface area contributed by atoms with Crippen LogP contribution in [0.1, 0.15) is 0 Å². The maximum absolute atomic E-state index is 5.79. The van der Waals surface area contributed by atoms with Gasteiger partial charge in [-0.2, -0.15) is 4.98 Å². The summed E-state index contributed by atoms with van der Waals surface area (Å²) in [6, 6.07) is 9.10. The Bertz CT molecular complexity index is 763. The molecular weight excluding hydrogens is 272 g/mol. The normalized spacial score (nSPS) is 10.6. The molecule has 1 aromatic carbocycles. The number of ether oxygens (including phenoxy) is 2. The molecule has 3 rings (SSSR count). The third-order valence-electron chi connectivity index (χ3n) is 3.01. The molecule has 0 aliphatic carbocycles. The first kappa shape index (κ1) is 13.0. The predicted octanol–water partition coefficient (Wildman–Crippen LogP) is 2.33. The second kappa shape index (κ2) is 5.20. The second-order valence-corrected chi connectivity index (χ2v) is 4.27. The van der Waals surface area contributed by atoms with Gasteiger partial charge in [0.1, 0.15) is 17.3 Å². The van der Waals surface area contributed by atoms with Crippen LogP contribution in [0.2, 0.25) is 0 Å². The number of aromatic amines is 1. The number of nitrogens with two attached hydrogens (primary N) is 1. The van der Waals surface area contributed by atoms with Crippen LogP contribution in [0.25, 0.3) is 22.9 Å². The lowest BCUT2D eigenvalue weighted by Crippen LogP contribution is -1.89. The molecule has 0 radical (unpaired) electrons. The molecule has 0 saturated heterocycles. The molecule has 21 heavy (non-hydrogen) atoms. The summed E-state index contributed by atoms with van der Waals surface area (Å²) >= 11 is 0. The summed E-state index contributed by atoms with van der Waals surface area (Å²) in [5.41, 5.74) is 6.27. The lowest BCUT2D eigenvalue weighted by Gasteiger charge is -2.08. The number of hydrogen-bond donors (Lipinski definition) is 2. The molecule has 7 nitrogen and oxygen atoms in total. The molecule has 0 aliphatic rings. The molecule has 2 aromatic heterocycles. The molecule has 3 N–H and O–H groups in total. The van der Waals surface area contributed by atoms with E-state index in [1.165, 1.54) is 0 Å². The number of nitrogen functional groups attached to an aromatic ring is 1. The highest BCUT2D eigenvalue weighted by molar-refractivity contribution is 5.69. The van der Waals surface area contributed by atoms with Crippen LogP contribution in [0, 0.1) is 0 Å². The van der Waals surface area contributed by atoms with Gasteiger partial charge in [0.2, 0.25) is 5.95 Å². The molecule has 3 aromatic rings. The summed E-state index contributed by atoms with van der Waals surface area (Å²) in [7, 11) is 3.21. The van der Waals surface area contributed by atoms with Gasteiger partial charge in [-0.3, -0.25) is 5.10 Å². The quantitative estimate of drug-likeness (QED) is 0.763. The minimum Gasteiger partial charge on any atom is -0.497 e. The van der Waals surface area contributed by atoms with E-state index in [4.69, 9.17) is 19.6 Å². The van der Waals surface area contributed by atoms with E-state index in [1.807, 2.05) is 24.3 Å². The molecule has 0 amide bonds. The molecular formula is C14H14N4O3. The van der Waals surface area contributed by atoms with Gasteiger partial charge in [0.25, 0.3) is 0 Å². The van der Waals surface area contributed by atoms with Crippen LogP contribution in [-0.2, 0) is 0 Å². The van der Waals surface area contributed by atoms with Crippen LogP contribution in [0.4, 0.5) is 5.95 Å². The fourth-order valence-corrected chi connectivity index (χ4v) is 2.00. The number of methoxy groups -OCH3 is 2. The van der Waals surface area contributed by atoms with Crippen molar-refractivity contribution in [3.63, 3.8) is 0 Å². The molecule has 0 atom stereocenters. The summed E-state index contributed by atoms with van der Waals surface area (Å²) in [4.78, 5) is 4.03. The predicted molar refractivity (Wildman–Crippen MR) is 77.0 cm³/mol. The molecule has 0 unspecified atom stereocenters. The van der Waals surface area contributed by atoms with E-state index in [2.05, 4.69) is 15.2 Å². The lowest BCUT2D eigenvalue weighted by molar-refractivity contribution is 0.403. The maximum Gasteiger partial charge on any atom is 0.239 e. The van der Waals surface area contributed by atoms with Crippen LogP contribution >= 0.6 is 0 Å². The molecule has 2 heterocycles. The number of benzene rings is 1. The van der Waals surface area contributed by atoms with Crippen molar-refractivity contribution in [2.45, 2.75) is 0 Å². The summed E-state index contributed by atoms with van der Waals surface area (Å²) < 4.78 is 16.4. The number of anilines is 1. The van der Waals surface area contributed by atoms with Gasteiger partial charge in [-0.25, -0.2) is 0 Å². The van der Waals surface area contributed by atoms with Crippen molar-refractivity contribution < 1.29 is 13.9 Å². The largest absolute Gasteiger partial charge is 0.497 e. The monoisotopic (exact) mass is 286 g/mol. The van der Waals surface area contributed by atoms with Crippen molar-refractivity contribution in [2.24, 2.45) is 0 Å². The number of furan rings is 1. The first-order valence-electron chi connectivity index (χ1n) is 6.21. The van der Waals surface area contributed by atoms with E-state index in [1.54, 1.807) is 20.3 Å². The lowest BCUT2D eigenvalue weighted by atomic mass is 10.1. The van der Waals surface area contributed by atoms with Gasteiger partial charge in [-0.1, -0.05) is 0 Å². The van der Waals surface area contributed by atoms with E-state index in [0.717, 1.165) is 5.56 Å². The number of hydrogen-bond acceptors (Lipinski definition) is 6. The molecule has 108 valence electrons. The van der Waals surface area contributed by atoms with Gasteiger partial charge in [-0.05, 0) is 30.3 Å². The molecule has 0 bridgehead atoms. The molecule has 0 aliphatic heterocycles. The molecule has 0 saturated carbocycles. The van der Waals surface area contributed by atoms with Crippen molar-refractivity contribution in [2.75, 3.05) is 20.0 Å². The van der Waals surface area contributed by atoms with Crippen molar-refractivity contribution in [1.29, 1.82) is 0 Å². The van der Waals surface area contributed by atoms with Gasteiger partial charge < -0.3 is 19.6 Å². The van der Waals surface area contributed by atoms with Crippen LogP contribution in [0.3, 0.4) is 0 Å². The van der Waals surface area contributed by atoms with Gasteiger partial charge in [0.15, 0.2) is 11.6 Å². The Kier molecular flexibility index (Phi) is 3.23. The minimum atomic E-state index is 0.168.